The van der Waals surface area contributed by atoms with E-state index in [0.29, 0.717) is 18.6 Å². The predicted molar refractivity (Wildman–Crippen MR) is 67.6 cm³/mol. The van der Waals surface area contributed by atoms with Crippen LogP contribution in [0.1, 0.15) is 13.3 Å². The van der Waals surface area contributed by atoms with Crippen LogP contribution in [-0.2, 0) is 0 Å². The Kier molecular flexibility index (Phi) is 3.56. The number of rotatable bonds is 5. The number of imidazole rings is 1. The molecule has 0 saturated carbocycles. The number of anilines is 1. The number of nitrogens with one attached hydrogen (secondary N) is 1. The van der Waals surface area contributed by atoms with Gasteiger partial charge in [-0.05, 0) is 6.92 Å². The Morgan fingerprint density at radius 3 is 3.06 bits per heavy atom. The monoisotopic (exact) mass is 249 g/mol. The lowest BCUT2D eigenvalue weighted by Gasteiger charge is -2.21. The van der Waals surface area contributed by atoms with E-state index in [2.05, 4.69) is 25.1 Å². The van der Waals surface area contributed by atoms with Crippen LogP contribution in [0, 0.1) is 0 Å². The predicted octanol–water partition coefficient (Wildman–Crippen LogP) is 0.316. The molecule has 0 atom stereocenters. The van der Waals surface area contributed by atoms with Gasteiger partial charge in [-0.15, -0.1) is 0 Å². The number of amidine groups is 1. The molecule has 0 aromatic carbocycles. The molecular weight excluding hydrogens is 234 g/mol. The van der Waals surface area contributed by atoms with Gasteiger partial charge in [0.2, 0.25) is 0 Å². The van der Waals surface area contributed by atoms with Crippen LogP contribution in [0.25, 0.3) is 11.2 Å². The van der Waals surface area contributed by atoms with Crippen molar-refractivity contribution in [2.45, 2.75) is 13.3 Å². The molecule has 2 rings (SSSR count). The maximum absolute atomic E-state index is 8.53. The number of hydrogen-bond acceptors (Lipinski definition) is 6. The average molecular weight is 249 g/mol. The van der Waals surface area contributed by atoms with E-state index in [4.69, 9.17) is 10.9 Å². The molecule has 0 amide bonds. The van der Waals surface area contributed by atoms with Crippen LogP contribution in [0.15, 0.2) is 17.8 Å². The number of nitrogens with two attached hydrogens (primary N) is 1. The third kappa shape index (κ3) is 2.31. The summed E-state index contributed by atoms with van der Waals surface area (Å²) in [5.74, 6) is 0.967. The minimum Gasteiger partial charge on any atom is -0.409 e. The molecule has 8 heteroatoms. The van der Waals surface area contributed by atoms with Crippen LogP contribution in [0.2, 0.25) is 0 Å². The molecule has 96 valence electrons. The maximum Gasteiger partial charge on any atom is 0.182 e. The Bertz CT molecular complexity index is 550. The molecule has 0 radical (unpaired) electrons. The quantitative estimate of drug-likeness (QED) is 0.304. The molecule has 0 fully saturated rings. The topological polar surface area (TPSA) is 116 Å². The van der Waals surface area contributed by atoms with Gasteiger partial charge < -0.3 is 20.8 Å². The van der Waals surface area contributed by atoms with Crippen LogP contribution in [-0.4, -0.2) is 44.1 Å². The Labute approximate surface area is 104 Å². The van der Waals surface area contributed by atoms with E-state index in [1.807, 2.05) is 11.8 Å². The lowest BCUT2D eigenvalue weighted by molar-refractivity contribution is 0.317. The zero-order valence-corrected chi connectivity index (χ0v) is 10.0. The van der Waals surface area contributed by atoms with Crippen LogP contribution in [0.3, 0.4) is 0 Å². The fourth-order valence-corrected chi connectivity index (χ4v) is 1.71. The molecule has 18 heavy (non-hydrogen) atoms. The number of nitrogens with zero attached hydrogens (tertiary/aromatic N) is 5. The van der Waals surface area contributed by atoms with E-state index in [0.717, 1.165) is 17.9 Å². The summed E-state index contributed by atoms with van der Waals surface area (Å²) in [7, 11) is 0. The van der Waals surface area contributed by atoms with Gasteiger partial charge in [-0.3, -0.25) is 0 Å². The molecule has 4 N–H and O–H groups in total. The smallest absolute Gasteiger partial charge is 0.182 e. The molecule has 8 nitrogen and oxygen atoms in total. The van der Waals surface area contributed by atoms with Crippen molar-refractivity contribution in [1.29, 1.82) is 0 Å². The van der Waals surface area contributed by atoms with Gasteiger partial charge in [0.1, 0.15) is 17.7 Å². The highest BCUT2D eigenvalue weighted by molar-refractivity contribution is 5.83. The standard InChI is InChI=1S/C10H15N7O/c1-2-17(4-3-7(11)16-18)10-8-9(13-5-12-8)14-6-15-10/h5-6,18H,2-4H2,1H3,(H2,11,16)(H,12,13,14,15). The number of aromatic amines is 1. The molecule has 0 spiro atoms. The molecule has 0 unspecified atom stereocenters. The van der Waals surface area contributed by atoms with Crippen LogP contribution in [0.4, 0.5) is 5.82 Å². The first-order valence-electron chi connectivity index (χ1n) is 5.61. The molecule has 2 aromatic heterocycles. The van der Waals surface area contributed by atoms with E-state index in [9.17, 15) is 0 Å². The second kappa shape index (κ2) is 5.30. The first-order valence-corrected chi connectivity index (χ1v) is 5.61. The van der Waals surface area contributed by atoms with Crippen molar-refractivity contribution < 1.29 is 5.21 Å². The highest BCUT2D eigenvalue weighted by Crippen LogP contribution is 2.19. The molecule has 0 aliphatic rings. The Hall–Kier alpha value is -2.38. The zero-order valence-electron chi connectivity index (χ0n) is 10.0. The largest absolute Gasteiger partial charge is 0.409 e. The van der Waals surface area contributed by atoms with Crippen molar-refractivity contribution in [2.24, 2.45) is 10.9 Å². The van der Waals surface area contributed by atoms with Gasteiger partial charge in [-0.2, -0.15) is 0 Å². The SMILES string of the molecule is CCN(CC/C(N)=N/O)c1ncnc2nc[nH]c12. The van der Waals surface area contributed by atoms with Gasteiger partial charge in [-0.1, -0.05) is 5.16 Å². The van der Waals surface area contributed by atoms with Crippen LogP contribution in [0.5, 0.6) is 0 Å². The first-order chi connectivity index (χ1) is 8.76. The third-order valence-corrected chi connectivity index (χ3v) is 2.65. The number of oxime groups is 1. The molecular formula is C10H15N7O. The second-order valence-corrected chi connectivity index (χ2v) is 3.72. The van der Waals surface area contributed by atoms with Crippen molar-refractivity contribution in [2.75, 3.05) is 18.0 Å². The van der Waals surface area contributed by atoms with Crippen LogP contribution >= 0.6 is 0 Å². The number of fused-ring (bicyclic) bond motifs is 1. The van der Waals surface area contributed by atoms with Crippen molar-refractivity contribution >= 4 is 22.8 Å². The summed E-state index contributed by atoms with van der Waals surface area (Å²) < 4.78 is 0. The van der Waals surface area contributed by atoms with E-state index in [1.54, 1.807) is 6.33 Å². The number of hydrogen-bond donors (Lipinski definition) is 3. The summed E-state index contributed by atoms with van der Waals surface area (Å²) >= 11 is 0. The van der Waals surface area contributed by atoms with Crippen LogP contribution < -0.4 is 10.6 Å². The molecule has 0 saturated heterocycles. The van der Waals surface area contributed by atoms with Gasteiger partial charge in [0.25, 0.3) is 0 Å². The molecule has 0 bridgehead atoms. The van der Waals surface area contributed by atoms with E-state index >= 15 is 0 Å². The molecule has 0 aliphatic heterocycles. The summed E-state index contributed by atoms with van der Waals surface area (Å²) in [6.07, 6.45) is 3.52. The summed E-state index contributed by atoms with van der Waals surface area (Å²) in [6.45, 7) is 3.37. The summed E-state index contributed by atoms with van der Waals surface area (Å²) in [4.78, 5) is 17.4. The fourth-order valence-electron chi connectivity index (χ4n) is 1.71. The minimum atomic E-state index is 0.198. The summed E-state index contributed by atoms with van der Waals surface area (Å²) in [5.41, 5.74) is 6.88. The zero-order chi connectivity index (χ0) is 13.0. The first kappa shape index (κ1) is 12.1. The Morgan fingerprint density at radius 1 is 1.50 bits per heavy atom. The van der Waals surface area contributed by atoms with E-state index in [-0.39, 0.29) is 5.84 Å². The molecule has 2 aromatic rings. The Morgan fingerprint density at radius 2 is 2.33 bits per heavy atom. The normalized spacial score (nSPS) is 11.9. The fraction of sp³-hybridized carbons (Fsp3) is 0.400. The number of aromatic nitrogens is 4. The lowest BCUT2D eigenvalue weighted by atomic mass is 10.3. The maximum atomic E-state index is 8.53. The molecule has 0 aliphatic carbocycles. The summed E-state index contributed by atoms with van der Waals surface area (Å²) in [6, 6.07) is 0. The minimum absolute atomic E-state index is 0.198. The third-order valence-electron chi connectivity index (χ3n) is 2.65. The van der Waals surface area contributed by atoms with Gasteiger partial charge in [0, 0.05) is 19.5 Å². The number of H-pyrrole nitrogens is 1. The van der Waals surface area contributed by atoms with Crippen molar-refractivity contribution in [3.05, 3.63) is 12.7 Å². The van der Waals surface area contributed by atoms with Gasteiger partial charge in [-0.25, -0.2) is 15.0 Å². The van der Waals surface area contributed by atoms with Gasteiger partial charge in [0.05, 0.1) is 6.33 Å². The van der Waals surface area contributed by atoms with E-state index < -0.39 is 0 Å². The van der Waals surface area contributed by atoms with Gasteiger partial charge in [0.15, 0.2) is 11.5 Å². The molecule has 2 heterocycles. The van der Waals surface area contributed by atoms with E-state index in [1.165, 1.54) is 6.33 Å². The van der Waals surface area contributed by atoms with Gasteiger partial charge >= 0.3 is 0 Å². The van der Waals surface area contributed by atoms with Crippen molar-refractivity contribution in [3.8, 4) is 0 Å². The lowest BCUT2D eigenvalue weighted by Crippen LogP contribution is -2.29. The second-order valence-electron chi connectivity index (χ2n) is 3.72. The average Bonchev–Trinajstić information content (AvgIpc) is 2.88. The Balaban J connectivity index is 2.24. The highest BCUT2D eigenvalue weighted by atomic mass is 16.4. The van der Waals surface area contributed by atoms with Crippen molar-refractivity contribution in [3.63, 3.8) is 0 Å². The highest BCUT2D eigenvalue weighted by Gasteiger charge is 2.12. The summed E-state index contributed by atoms with van der Waals surface area (Å²) in [5, 5.41) is 11.5. The van der Waals surface area contributed by atoms with Crippen molar-refractivity contribution in [1.82, 2.24) is 19.9 Å².